The van der Waals surface area contributed by atoms with Gasteiger partial charge < -0.3 is 0 Å². The Balaban J connectivity index is 2.68. The van der Waals surface area contributed by atoms with Gasteiger partial charge in [-0.25, -0.2) is 0 Å². The molecular formula is C11H13. The molecule has 1 aromatic rings. The molecule has 0 aliphatic carbocycles. The number of hydrogen-bond acceptors (Lipinski definition) is 0. The van der Waals surface area contributed by atoms with Crippen molar-refractivity contribution in [3.8, 4) is 0 Å². The molecule has 1 aromatic carbocycles. The highest BCUT2D eigenvalue weighted by Gasteiger charge is 2.00. The van der Waals surface area contributed by atoms with E-state index in [-0.39, 0.29) is 0 Å². The van der Waals surface area contributed by atoms with E-state index in [1.165, 1.54) is 5.56 Å². The lowest BCUT2D eigenvalue weighted by atomic mass is 9.98. The minimum Gasteiger partial charge on any atom is -0.0840 e. The van der Waals surface area contributed by atoms with E-state index in [9.17, 15) is 0 Å². The topological polar surface area (TPSA) is 0 Å². The molecule has 11 heavy (non-hydrogen) atoms. The first-order chi connectivity index (χ1) is 5.34. The zero-order valence-electron chi connectivity index (χ0n) is 6.83. The highest BCUT2D eigenvalue weighted by molar-refractivity contribution is 5.19. The van der Waals surface area contributed by atoms with E-state index in [1.807, 2.05) is 6.07 Å². The molecule has 1 rings (SSSR count). The van der Waals surface area contributed by atoms with E-state index >= 15 is 0 Å². The molecule has 0 bridgehead atoms. The third kappa shape index (κ3) is 2.23. The smallest absolute Gasteiger partial charge is 0.0156 e. The summed E-state index contributed by atoms with van der Waals surface area (Å²) in [5.74, 6) is 0.543. The van der Waals surface area contributed by atoms with Crippen molar-refractivity contribution in [3.63, 3.8) is 0 Å². The van der Waals surface area contributed by atoms with E-state index in [4.69, 9.17) is 6.58 Å². The van der Waals surface area contributed by atoms with Crippen molar-refractivity contribution in [1.29, 1.82) is 0 Å². The molecule has 0 aliphatic heterocycles. The fourth-order valence-electron chi connectivity index (χ4n) is 1.12. The van der Waals surface area contributed by atoms with E-state index in [2.05, 4.69) is 31.2 Å². The summed E-state index contributed by atoms with van der Waals surface area (Å²) in [6, 6.07) is 10.4. The molecule has 0 saturated heterocycles. The van der Waals surface area contributed by atoms with Crippen LogP contribution in [0.15, 0.2) is 36.4 Å². The molecule has 0 saturated carbocycles. The van der Waals surface area contributed by atoms with Crippen molar-refractivity contribution in [2.24, 2.45) is 0 Å². The lowest BCUT2D eigenvalue weighted by molar-refractivity contribution is 0.781. The lowest BCUT2D eigenvalue weighted by Gasteiger charge is -2.07. The maximum Gasteiger partial charge on any atom is -0.0156 e. The first kappa shape index (κ1) is 8.06. The van der Waals surface area contributed by atoms with Crippen molar-refractivity contribution in [1.82, 2.24) is 0 Å². The van der Waals surface area contributed by atoms with Gasteiger partial charge in [0, 0.05) is 0 Å². The molecule has 0 heterocycles. The van der Waals surface area contributed by atoms with Gasteiger partial charge in [0.2, 0.25) is 0 Å². The SMILES string of the molecule is [CH]=CCC(C)c1ccccc1. The van der Waals surface area contributed by atoms with Gasteiger partial charge in [0.25, 0.3) is 0 Å². The van der Waals surface area contributed by atoms with Gasteiger partial charge in [-0.1, -0.05) is 49.9 Å². The maximum absolute atomic E-state index is 5.34. The fraction of sp³-hybridized carbons (Fsp3) is 0.273. The molecule has 0 nitrogen and oxygen atoms in total. The van der Waals surface area contributed by atoms with Crippen LogP contribution in [-0.2, 0) is 0 Å². The second-order valence-corrected chi connectivity index (χ2v) is 2.78. The normalized spacial score (nSPS) is 12.5. The van der Waals surface area contributed by atoms with Crippen LogP contribution in [0.25, 0.3) is 0 Å². The third-order valence-corrected chi connectivity index (χ3v) is 1.86. The summed E-state index contributed by atoms with van der Waals surface area (Å²) >= 11 is 0. The van der Waals surface area contributed by atoms with Crippen LogP contribution in [0.4, 0.5) is 0 Å². The molecule has 0 spiro atoms. The number of rotatable bonds is 3. The summed E-state index contributed by atoms with van der Waals surface area (Å²) < 4.78 is 0. The first-order valence-corrected chi connectivity index (χ1v) is 3.93. The third-order valence-electron chi connectivity index (χ3n) is 1.86. The van der Waals surface area contributed by atoms with Crippen LogP contribution < -0.4 is 0 Å². The Bertz CT molecular complexity index is 211. The van der Waals surface area contributed by atoms with Gasteiger partial charge in [-0.15, -0.1) is 0 Å². The minimum absolute atomic E-state index is 0.543. The Morgan fingerprint density at radius 1 is 1.36 bits per heavy atom. The van der Waals surface area contributed by atoms with Gasteiger partial charge in [0.15, 0.2) is 0 Å². The molecule has 0 N–H and O–H groups in total. The van der Waals surface area contributed by atoms with Gasteiger partial charge in [0.05, 0.1) is 0 Å². The summed E-state index contributed by atoms with van der Waals surface area (Å²) in [6.07, 6.45) is 2.67. The molecule has 0 amide bonds. The van der Waals surface area contributed by atoms with Gasteiger partial charge in [-0.3, -0.25) is 0 Å². The number of hydrogen-bond donors (Lipinski definition) is 0. The predicted octanol–water partition coefficient (Wildman–Crippen LogP) is 3.17. The van der Waals surface area contributed by atoms with E-state index in [0.717, 1.165) is 6.42 Å². The molecule has 1 atom stereocenters. The van der Waals surface area contributed by atoms with Crippen LogP contribution in [-0.4, -0.2) is 0 Å². The minimum atomic E-state index is 0.543. The Kier molecular flexibility index (Phi) is 2.91. The van der Waals surface area contributed by atoms with Crippen LogP contribution in [0.3, 0.4) is 0 Å². The number of benzene rings is 1. The summed E-state index contributed by atoms with van der Waals surface area (Å²) in [5.41, 5.74) is 1.36. The second kappa shape index (κ2) is 3.97. The Labute approximate surface area is 68.6 Å². The molecular weight excluding hydrogens is 132 g/mol. The molecule has 0 aliphatic rings. The van der Waals surface area contributed by atoms with Crippen molar-refractivity contribution >= 4 is 0 Å². The van der Waals surface area contributed by atoms with Gasteiger partial charge in [0.1, 0.15) is 0 Å². The van der Waals surface area contributed by atoms with E-state index < -0.39 is 0 Å². The van der Waals surface area contributed by atoms with Crippen molar-refractivity contribution in [2.45, 2.75) is 19.3 Å². The first-order valence-electron chi connectivity index (χ1n) is 3.93. The average Bonchev–Trinajstić information content (AvgIpc) is 2.07. The maximum atomic E-state index is 5.34. The second-order valence-electron chi connectivity index (χ2n) is 2.78. The van der Waals surface area contributed by atoms with Crippen LogP contribution >= 0.6 is 0 Å². The standard InChI is InChI=1S/C11H13/c1-3-7-10(2)11-8-5-4-6-9-11/h1,3-6,8-10H,7H2,2H3. The van der Waals surface area contributed by atoms with E-state index in [1.54, 1.807) is 6.08 Å². The fourth-order valence-corrected chi connectivity index (χ4v) is 1.12. The highest BCUT2D eigenvalue weighted by Crippen LogP contribution is 2.17. The molecule has 0 aromatic heterocycles. The average molecular weight is 145 g/mol. The Morgan fingerprint density at radius 2 is 2.00 bits per heavy atom. The van der Waals surface area contributed by atoms with Crippen LogP contribution in [0.5, 0.6) is 0 Å². The zero-order valence-corrected chi connectivity index (χ0v) is 6.83. The summed E-state index contributed by atoms with van der Waals surface area (Å²) in [7, 11) is 0. The van der Waals surface area contributed by atoms with Crippen LogP contribution in [0.2, 0.25) is 0 Å². The highest BCUT2D eigenvalue weighted by atomic mass is 14.0. The van der Waals surface area contributed by atoms with Gasteiger partial charge in [-0.05, 0) is 17.9 Å². The predicted molar refractivity (Wildman–Crippen MR) is 48.3 cm³/mol. The molecule has 1 unspecified atom stereocenters. The van der Waals surface area contributed by atoms with E-state index in [0.29, 0.717) is 5.92 Å². The largest absolute Gasteiger partial charge is 0.0840 e. The number of allylic oxidation sites excluding steroid dienone is 1. The van der Waals surface area contributed by atoms with Gasteiger partial charge in [-0.2, -0.15) is 0 Å². The lowest BCUT2D eigenvalue weighted by Crippen LogP contribution is -1.89. The van der Waals surface area contributed by atoms with Crippen molar-refractivity contribution < 1.29 is 0 Å². The molecule has 0 heteroatoms. The Hall–Kier alpha value is -1.04. The Morgan fingerprint density at radius 3 is 2.55 bits per heavy atom. The van der Waals surface area contributed by atoms with Crippen molar-refractivity contribution in [3.05, 3.63) is 48.6 Å². The van der Waals surface area contributed by atoms with Gasteiger partial charge >= 0.3 is 0 Å². The monoisotopic (exact) mass is 145 g/mol. The van der Waals surface area contributed by atoms with Crippen molar-refractivity contribution in [2.75, 3.05) is 0 Å². The summed E-state index contributed by atoms with van der Waals surface area (Å²) in [5, 5.41) is 0. The zero-order chi connectivity index (χ0) is 8.10. The summed E-state index contributed by atoms with van der Waals surface area (Å²) in [6.45, 7) is 7.52. The van der Waals surface area contributed by atoms with Crippen LogP contribution in [0.1, 0.15) is 24.8 Å². The molecule has 1 radical (unpaired) electrons. The quantitative estimate of drug-likeness (QED) is 0.612. The van der Waals surface area contributed by atoms with Crippen LogP contribution in [0, 0.1) is 6.58 Å². The molecule has 57 valence electrons. The molecule has 0 fully saturated rings. The summed E-state index contributed by atoms with van der Waals surface area (Å²) in [4.78, 5) is 0.